The SMILES string of the molecule is C[N+](C)(C)CC(CC(=O)[O-])OC(=O)C(N)CCCCN. The first kappa shape index (κ1) is 18.8. The largest absolute Gasteiger partial charge is 0.550 e. The molecule has 4 N–H and O–H groups in total. The number of aliphatic carboxylic acids is 1. The summed E-state index contributed by atoms with van der Waals surface area (Å²) in [4.78, 5) is 22.5. The Balaban J connectivity index is 4.40. The standard InChI is InChI=1S/C13H27N3O4/c1-16(2,3)9-10(8-12(17)18)20-13(19)11(15)6-4-5-7-14/h10-11H,4-9,14-15H2,1-3H3. The third kappa shape index (κ3) is 9.71. The van der Waals surface area contributed by atoms with Gasteiger partial charge < -0.3 is 30.6 Å². The van der Waals surface area contributed by atoms with Crippen molar-refractivity contribution < 1.29 is 23.9 Å². The van der Waals surface area contributed by atoms with Gasteiger partial charge in [0.1, 0.15) is 12.6 Å². The molecule has 0 fully saturated rings. The molecular weight excluding hydrogens is 262 g/mol. The first-order chi connectivity index (χ1) is 9.15. The minimum absolute atomic E-state index is 0.323. The number of quaternary nitrogens is 1. The number of nitrogens with two attached hydrogens (primary N) is 2. The number of carboxylic acids is 1. The van der Waals surface area contributed by atoms with E-state index in [0.717, 1.165) is 12.8 Å². The molecule has 2 unspecified atom stereocenters. The second-order valence-corrected chi connectivity index (χ2v) is 6.00. The zero-order valence-electron chi connectivity index (χ0n) is 12.6. The van der Waals surface area contributed by atoms with Crippen molar-refractivity contribution in [2.45, 2.75) is 37.8 Å². The highest BCUT2D eigenvalue weighted by molar-refractivity contribution is 5.76. The van der Waals surface area contributed by atoms with Gasteiger partial charge in [-0.05, 0) is 19.4 Å². The third-order valence-corrected chi connectivity index (χ3v) is 2.70. The molecule has 0 heterocycles. The quantitative estimate of drug-likeness (QED) is 0.278. The van der Waals surface area contributed by atoms with Crippen molar-refractivity contribution in [1.82, 2.24) is 0 Å². The topological polar surface area (TPSA) is 118 Å². The summed E-state index contributed by atoms with van der Waals surface area (Å²) in [7, 11) is 5.66. The van der Waals surface area contributed by atoms with E-state index in [2.05, 4.69) is 0 Å². The van der Waals surface area contributed by atoms with Gasteiger partial charge in [0.15, 0.2) is 6.10 Å². The normalized spacial score (nSPS) is 14.7. The number of ether oxygens (including phenoxy) is 1. The van der Waals surface area contributed by atoms with Gasteiger partial charge in [0.25, 0.3) is 0 Å². The van der Waals surface area contributed by atoms with Crippen LogP contribution in [-0.2, 0) is 14.3 Å². The van der Waals surface area contributed by atoms with Crippen LogP contribution in [0.5, 0.6) is 0 Å². The van der Waals surface area contributed by atoms with Gasteiger partial charge in [0.2, 0.25) is 0 Å². The molecule has 7 nitrogen and oxygen atoms in total. The third-order valence-electron chi connectivity index (χ3n) is 2.70. The maximum absolute atomic E-state index is 11.8. The van der Waals surface area contributed by atoms with E-state index in [1.54, 1.807) is 0 Å². The van der Waals surface area contributed by atoms with Crippen LogP contribution in [-0.4, -0.2) is 62.8 Å². The molecular formula is C13H27N3O4. The molecule has 0 aromatic rings. The number of hydrogen-bond donors (Lipinski definition) is 2. The van der Waals surface area contributed by atoms with Crippen molar-refractivity contribution in [2.75, 3.05) is 34.2 Å². The molecule has 0 aliphatic heterocycles. The molecule has 20 heavy (non-hydrogen) atoms. The van der Waals surface area contributed by atoms with Gasteiger partial charge in [-0.15, -0.1) is 0 Å². The molecule has 0 amide bonds. The number of hydrogen-bond acceptors (Lipinski definition) is 6. The van der Waals surface area contributed by atoms with Gasteiger partial charge in [0.05, 0.1) is 21.1 Å². The summed E-state index contributed by atoms with van der Waals surface area (Å²) in [5.74, 6) is -1.81. The average Bonchev–Trinajstić information content (AvgIpc) is 2.25. The van der Waals surface area contributed by atoms with E-state index in [4.69, 9.17) is 16.2 Å². The zero-order chi connectivity index (χ0) is 15.8. The van der Waals surface area contributed by atoms with E-state index < -0.39 is 24.1 Å². The first-order valence-electron chi connectivity index (χ1n) is 6.82. The van der Waals surface area contributed by atoms with Crippen molar-refractivity contribution in [1.29, 1.82) is 0 Å². The van der Waals surface area contributed by atoms with Crippen molar-refractivity contribution in [3.63, 3.8) is 0 Å². The lowest BCUT2D eigenvalue weighted by Gasteiger charge is -2.29. The monoisotopic (exact) mass is 289 g/mol. The van der Waals surface area contributed by atoms with Crippen LogP contribution in [0.1, 0.15) is 25.7 Å². The molecule has 0 rings (SSSR count). The van der Waals surface area contributed by atoms with Crippen LogP contribution < -0.4 is 16.6 Å². The average molecular weight is 289 g/mol. The molecule has 2 atom stereocenters. The molecule has 0 spiro atoms. The Morgan fingerprint density at radius 1 is 1.25 bits per heavy atom. The molecule has 0 aliphatic rings. The molecule has 0 saturated heterocycles. The number of carbonyl (C=O) groups is 2. The fraction of sp³-hybridized carbons (Fsp3) is 0.846. The fourth-order valence-electron chi connectivity index (χ4n) is 1.82. The zero-order valence-corrected chi connectivity index (χ0v) is 12.6. The number of carbonyl (C=O) groups excluding carboxylic acids is 2. The molecule has 0 aromatic heterocycles. The molecule has 0 bridgehead atoms. The second kappa shape index (κ2) is 8.89. The summed E-state index contributed by atoms with van der Waals surface area (Å²) in [5, 5.41) is 10.7. The van der Waals surface area contributed by atoms with Crippen LogP contribution in [0, 0.1) is 0 Å². The molecule has 0 radical (unpaired) electrons. The number of unbranched alkanes of at least 4 members (excludes halogenated alkanes) is 1. The highest BCUT2D eigenvalue weighted by atomic mass is 16.5. The number of rotatable bonds is 10. The van der Waals surface area contributed by atoms with Crippen molar-refractivity contribution in [3.05, 3.63) is 0 Å². The molecule has 118 valence electrons. The summed E-state index contributed by atoms with van der Waals surface area (Å²) in [6, 6.07) is -0.738. The predicted molar refractivity (Wildman–Crippen MR) is 73.3 cm³/mol. The lowest BCUT2D eigenvalue weighted by molar-refractivity contribution is -0.873. The highest BCUT2D eigenvalue weighted by Crippen LogP contribution is 2.08. The van der Waals surface area contributed by atoms with E-state index in [1.165, 1.54) is 0 Å². The van der Waals surface area contributed by atoms with Gasteiger partial charge in [-0.1, -0.05) is 6.42 Å². The van der Waals surface area contributed by atoms with Gasteiger partial charge in [-0.3, -0.25) is 4.79 Å². The summed E-state index contributed by atoms with van der Waals surface area (Å²) in [5.41, 5.74) is 11.1. The Hall–Kier alpha value is -1.18. The Bertz CT molecular complexity index is 315. The summed E-state index contributed by atoms with van der Waals surface area (Å²) in [6.45, 7) is 0.936. The van der Waals surface area contributed by atoms with Crippen LogP contribution in [0.15, 0.2) is 0 Å². The van der Waals surface area contributed by atoms with Gasteiger partial charge in [-0.2, -0.15) is 0 Å². The number of carboxylic acid groups (broad SMARTS) is 1. The Labute approximate surface area is 120 Å². The van der Waals surface area contributed by atoms with Crippen LogP contribution >= 0.6 is 0 Å². The van der Waals surface area contributed by atoms with Crippen molar-refractivity contribution in [2.24, 2.45) is 11.5 Å². The lowest BCUT2D eigenvalue weighted by atomic mass is 10.1. The van der Waals surface area contributed by atoms with E-state index in [0.29, 0.717) is 24.0 Å². The Kier molecular flexibility index (Phi) is 8.36. The minimum Gasteiger partial charge on any atom is -0.550 e. The molecule has 7 heteroatoms. The summed E-state index contributed by atoms with van der Waals surface area (Å²) >= 11 is 0. The predicted octanol–water partition coefficient (Wildman–Crippen LogP) is -1.80. The number of esters is 1. The summed E-state index contributed by atoms with van der Waals surface area (Å²) in [6.07, 6.45) is 0.971. The minimum atomic E-state index is -1.24. The van der Waals surface area contributed by atoms with E-state index in [-0.39, 0.29) is 6.42 Å². The molecule has 0 aliphatic carbocycles. The van der Waals surface area contributed by atoms with E-state index >= 15 is 0 Å². The van der Waals surface area contributed by atoms with Gasteiger partial charge in [0, 0.05) is 12.4 Å². The van der Waals surface area contributed by atoms with E-state index in [9.17, 15) is 14.7 Å². The summed E-state index contributed by atoms with van der Waals surface area (Å²) < 4.78 is 5.68. The van der Waals surface area contributed by atoms with Crippen molar-refractivity contribution >= 4 is 11.9 Å². The smallest absolute Gasteiger partial charge is 0.323 e. The van der Waals surface area contributed by atoms with Crippen LogP contribution in [0.4, 0.5) is 0 Å². The lowest BCUT2D eigenvalue weighted by Crippen LogP contribution is -2.46. The Morgan fingerprint density at radius 2 is 1.85 bits per heavy atom. The van der Waals surface area contributed by atoms with Crippen LogP contribution in [0.25, 0.3) is 0 Å². The second-order valence-electron chi connectivity index (χ2n) is 6.00. The maximum Gasteiger partial charge on any atom is 0.323 e. The number of nitrogens with zero attached hydrogens (tertiary/aromatic N) is 1. The van der Waals surface area contributed by atoms with Crippen LogP contribution in [0.2, 0.25) is 0 Å². The van der Waals surface area contributed by atoms with E-state index in [1.807, 2.05) is 21.1 Å². The fourth-order valence-corrected chi connectivity index (χ4v) is 1.82. The van der Waals surface area contributed by atoms with Crippen molar-refractivity contribution in [3.8, 4) is 0 Å². The van der Waals surface area contributed by atoms with Gasteiger partial charge >= 0.3 is 5.97 Å². The van der Waals surface area contributed by atoms with Gasteiger partial charge in [-0.25, -0.2) is 0 Å². The van der Waals surface area contributed by atoms with Crippen LogP contribution in [0.3, 0.4) is 0 Å². The number of likely N-dealkylation sites (N-methyl/N-ethyl adjacent to an activating group) is 1. The highest BCUT2D eigenvalue weighted by Gasteiger charge is 2.25. The molecule has 0 saturated carbocycles. The maximum atomic E-state index is 11.8. The first-order valence-corrected chi connectivity index (χ1v) is 6.82. The molecule has 0 aromatic carbocycles. The Morgan fingerprint density at radius 3 is 2.30 bits per heavy atom.